The summed E-state index contributed by atoms with van der Waals surface area (Å²) in [5.74, 6) is -0.808. The highest BCUT2D eigenvalue weighted by molar-refractivity contribution is 5.96. The van der Waals surface area contributed by atoms with E-state index in [1.54, 1.807) is 6.92 Å². The number of nitriles is 1. The Labute approximate surface area is 113 Å². The van der Waals surface area contributed by atoms with E-state index in [2.05, 4.69) is 5.32 Å². The standard InChI is InChI=1S/C13H13F3N2O2/c1-3-12(2,20)11(19)18-9-5-4-8(7-17)10(6-9)13(14,15)16/h4-6,20H,3H2,1-2H3,(H,18,19)/t12-/m0/s1. The summed E-state index contributed by atoms with van der Waals surface area (Å²) in [7, 11) is 0. The molecule has 1 amide bonds. The molecule has 0 heterocycles. The summed E-state index contributed by atoms with van der Waals surface area (Å²) in [4.78, 5) is 11.7. The summed E-state index contributed by atoms with van der Waals surface area (Å²) in [6, 6.07) is 4.26. The Kier molecular flexibility index (Phi) is 4.40. The normalized spacial score (nSPS) is 14.2. The van der Waals surface area contributed by atoms with E-state index in [0.717, 1.165) is 6.07 Å². The fourth-order valence-corrected chi connectivity index (χ4v) is 1.38. The number of anilines is 1. The molecule has 0 aliphatic rings. The number of hydrogen-bond acceptors (Lipinski definition) is 3. The van der Waals surface area contributed by atoms with E-state index in [1.807, 2.05) is 0 Å². The van der Waals surface area contributed by atoms with Crippen LogP contribution in [0.2, 0.25) is 0 Å². The number of amides is 1. The molecule has 1 atom stereocenters. The molecule has 0 unspecified atom stereocenters. The first-order chi connectivity index (χ1) is 9.11. The summed E-state index contributed by atoms with van der Waals surface area (Å²) >= 11 is 0. The maximum absolute atomic E-state index is 12.7. The average Bonchev–Trinajstić information content (AvgIpc) is 2.37. The van der Waals surface area contributed by atoms with Crippen molar-refractivity contribution >= 4 is 11.6 Å². The van der Waals surface area contributed by atoms with Crippen LogP contribution in [0.5, 0.6) is 0 Å². The van der Waals surface area contributed by atoms with Gasteiger partial charge in [0.15, 0.2) is 0 Å². The fourth-order valence-electron chi connectivity index (χ4n) is 1.38. The smallest absolute Gasteiger partial charge is 0.380 e. The molecular formula is C13H13F3N2O2. The van der Waals surface area contributed by atoms with Gasteiger partial charge < -0.3 is 10.4 Å². The molecule has 1 rings (SSSR count). The Morgan fingerprint density at radius 2 is 2.05 bits per heavy atom. The third kappa shape index (κ3) is 3.48. The molecule has 1 aromatic rings. The predicted octanol–water partition coefficient (Wildman–Crippen LogP) is 2.68. The Morgan fingerprint density at radius 3 is 2.50 bits per heavy atom. The molecule has 7 heteroatoms. The maximum atomic E-state index is 12.7. The largest absolute Gasteiger partial charge is 0.417 e. The van der Waals surface area contributed by atoms with Gasteiger partial charge in [-0.05, 0) is 31.5 Å². The molecule has 108 valence electrons. The van der Waals surface area contributed by atoms with Crippen LogP contribution in [0.25, 0.3) is 0 Å². The maximum Gasteiger partial charge on any atom is 0.417 e. The number of nitrogens with zero attached hydrogens (tertiary/aromatic N) is 1. The lowest BCUT2D eigenvalue weighted by Gasteiger charge is -2.20. The molecule has 0 spiro atoms. The second kappa shape index (κ2) is 5.51. The highest BCUT2D eigenvalue weighted by Crippen LogP contribution is 2.33. The highest BCUT2D eigenvalue weighted by atomic mass is 19.4. The molecule has 0 aliphatic heterocycles. The lowest BCUT2D eigenvalue weighted by atomic mass is 10.0. The van der Waals surface area contributed by atoms with Gasteiger partial charge >= 0.3 is 6.18 Å². The van der Waals surface area contributed by atoms with Gasteiger partial charge in [-0.25, -0.2) is 0 Å². The molecule has 0 saturated heterocycles. The number of alkyl halides is 3. The van der Waals surface area contributed by atoms with E-state index in [0.29, 0.717) is 6.07 Å². The van der Waals surface area contributed by atoms with Gasteiger partial charge in [-0.1, -0.05) is 6.92 Å². The Morgan fingerprint density at radius 1 is 1.45 bits per heavy atom. The molecule has 2 N–H and O–H groups in total. The fraction of sp³-hybridized carbons (Fsp3) is 0.385. The van der Waals surface area contributed by atoms with E-state index in [9.17, 15) is 23.1 Å². The monoisotopic (exact) mass is 286 g/mol. The lowest BCUT2D eigenvalue weighted by molar-refractivity contribution is -0.138. The number of rotatable bonds is 3. The van der Waals surface area contributed by atoms with Crippen molar-refractivity contribution in [1.82, 2.24) is 0 Å². The van der Waals surface area contributed by atoms with E-state index < -0.39 is 28.8 Å². The summed E-state index contributed by atoms with van der Waals surface area (Å²) in [5, 5.41) is 20.5. The average molecular weight is 286 g/mol. The molecule has 0 fully saturated rings. The third-order valence-corrected chi connectivity index (χ3v) is 2.88. The Hall–Kier alpha value is -2.07. The predicted molar refractivity (Wildman–Crippen MR) is 65.7 cm³/mol. The van der Waals surface area contributed by atoms with E-state index in [-0.39, 0.29) is 12.1 Å². The molecular weight excluding hydrogens is 273 g/mol. The first-order valence-corrected chi connectivity index (χ1v) is 5.77. The molecule has 0 radical (unpaired) electrons. The minimum Gasteiger partial charge on any atom is -0.380 e. The number of benzene rings is 1. The van der Waals surface area contributed by atoms with Crippen molar-refractivity contribution < 1.29 is 23.1 Å². The third-order valence-electron chi connectivity index (χ3n) is 2.88. The van der Waals surface area contributed by atoms with Crippen LogP contribution >= 0.6 is 0 Å². The zero-order valence-corrected chi connectivity index (χ0v) is 10.9. The summed E-state index contributed by atoms with van der Waals surface area (Å²) < 4.78 is 38.2. The first-order valence-electron chi connectivity index (χ1n) is 5.77. The summed E-state index contributed by atoms with van der Waals surface area (Å²) in [6.45, 7) is 2.83. The quantitative estimate of drug-likeness (QED) is 0.897. The zero-order valence-electron chi connectivity index (χ0n) is 10.9. The number of aliphatic hydroxyl groups is 1. The van der Waals surface area contributed by atoms with Crippen LogP contribution in [-0.4, -0.2) is 16.6 Å². The molecule has 0 bridgehead atoms. The van der Waals surface area contributed by atoms with Crippen LogP contribution < -0.4 is 5.32 Å². The Bertz CT molecular complexity index is 560. The van der Waals surface area contributed by atoms with Crippen LogP contribution in [0.1, 0.15) is 31.4 Å². The number of carbonyl (C=O) groups excluding carboxylic acids is 1. The van der Waals surface area contributed by atoms with Gasteiger partial charge in [-0.15, -0.1) is 0 Å². The van der Waals surface area contributed by atoms with Gasteiger partial charge in [-0.3, -0.25) is 4.79 Å². The number of hydrogen-bond donors (Lipinski definition) is 2. The van der Waals surface area contributed by atoms with Gasteiger partial charge in [0, 0.05) is 5.69 Å². The SMILES string of the molecule is CC[C@](C)(O)C(=O)Nc1ccc(C#N)c(C(F)(F)F)c1. The van der Waals surface area contributed by atoms with Crippen LogP contribution in [0.4, 0.5) is 18.9 Å². The Balaban J connectivity index is 3.12. The summed E-state index contributed by atoms with van der Waals surface area (Å²) in [5.41, 5.74) is -3.46. The van der Waals surface area contributed by atoms with E-state index >= 15 is 0 Å². The van der Waals surface area contributed by atoms with Crippen LogP contribution in [0.3, 0.4) is 0 Å². The van der Waals surface area contributed by atoms with Crippen LogP contribution in [0.15, 0.2) is 18.2 Å². The number of carbonyl (C=O) groups is 1. The topological polar surface area (TPSA) is 73.1 Å². The lowest BCUT2D eigenvalue weighted by Crippen LogP contribution is -2.39. The minimum absolute atomic E-state index is 0.112. The van der Waals surface area contributed by atoms with Gasteiger partial charge in [0.25, 0.3) is 5.91 Å². The van der Waals surface area contributed by atoms with Crippen molar-refractivity contribution in [3.63, 3.8) is 0 Å². The second-order valence-corrected chi connectivity index (χ2v) is 4.45. The second-order valence-electron chi connectivity index (χ2n) is 4.45. The van der Waals surface area contributed by atoms with Crippen molar-refractivity contribution in [3.05, 3.63) is 29.3 Å². The van der Waals surface area contributed by atoms with Gasteiger partial charge in [0.2, 0.25) is 0 Å². The van der Waals surface area contributed by atoms with Gasteiger partial charge in [0.05, 0.1) is 17.2 Å². The summed E-state index contributed by atoms with van der Waals surface area (Å²) in [6.07, 6.45) is -4.58. The molecule has 0 aromatic heterocycles. The number of nitrogens with one attached hydrogen (secondary N) is 1. The van der Waals surface area contributed by atoms with Crippen molar-refractivity contribution in [1.29, 1.82) is 5.26 Å². The molecule has 0 aliphatic carbocycles. The van der Waals surface area contributed by atoms with Gasteiger partial charge in [0.1, 0.15) is 5.60 Å². The van der Waals surface area contributed by atoms with E-state index in [4.69, 9.17) is 5.26 Å². The molecule has 0 saturated carbocycles. The van der Waals surface area contributed by atoms with Crippen molar-refractivity contribution in [2.24, 2.45) is 0 Å². The zero-order chi connectivity index (χ0) is 15.6. The molecule has 4 nitrogen and oxygen atoms in total. The van der Waals surface area contributed by atoms with Crippen molar-refractivity contribution in [3.8, 4) is 6.07 Å². The van der Waals surface area contributed by atoms with Crippen molar-refractivity contribution in [2.75, 3.05) is 5.32 Å². The van der Waals surface area contributed by atoms with Crippen LogP contribution in [0, 0.1) is 11.3 Å². The highest BCUT2D eigenvalue weighted by Gasteiger charge is 2.34. The van der Waals surface area contributed by atoms with Crippen LogP contribution in [-0.2, 0) is 11.0 Å². The molecule has 20 heavy (non-hydrogen) atoms. The van der Waals surface area contributed by atoms with Crippen molar-refractivity contribution in [2.45, 2.75) is 32.0 Å². The molecule has 1 aromatic carbocycles. The van der Waals surface area contributed by atoms with E-state index in [1.165, 1.54) is 19.1 Å². The van der Waals surface area contributed by atoms with Gasteiger partial charge in [-0.2, -0.15) is 18.4 Å². The minimum atomic E-state index is -4.70. The number of halogens is 3. The first kappa shape index (κ1) is 16.0.